The van der Waals surface area contributed by atoms with E-state index < -0.39 is 0 Å². The summed E-state index contributed by atoms with van der Waals surface area (Å²) in [5.74, 6) is -0.282. The van der Waals surface area contributed by atoms with Gasteiger partial charge in [-0.2, -0.15) is 0 Å². The number of hydrogen-bond donors (Lipinski definition) is 1. The standard InChI is InChI=1S/C13H10BrClN2O/c1-8-5-9(14)7-10(6-8)16-13(18)11-3-2-4-12(15)17-11/h2-7H,1H3,(H,16,18). The summed E-state index contributed by atoms with van der Waals surface area (Å²) < 4.78 is 0.914. The van der Waals surface area contributed by atoms with E-state index in [1.165, 1.54) is 0 Å². The van der Waals surface area contributed by atoms with E-state index in [1.54, 1.807) is 18.2 Å². The molecule has 0 unspecified atom stereocenters. The van der Waals surface area contributed by atoms with Gasteiger partial charge in [-0.15, -0.1) is 0 Å². The van der Waals surface area contributed by atoms with Crippen molar-refractivity contribution in [1.82, 2.24) is 4.98 Å². The number of halogens is 2. The quantitative estimate of drug-likeness (QED) is 0.846. The van der Waals surface area contributed by atoms with E-state index in [0.29, 0.717) is 16.5 Å². The number of amides is 1. The molecule has 3 nitrogen and oxygen atoms in total. The second-order valence-corrected chi connectivity index (χ2v) is 5.12. The summed E-state index contributed by atoms with van der Waals surface area (Å²) in [6.07, 6.45) is 0. The first-order valence-corrected chi connectivity index (χ1v) is 6.43. The molecule has 1 N–H and O–H groups in total. The van der Waals surface area contributed by atoms with Crippen LogP contribution in [-0.4, -0.2) is 10.9 Å². The first-order chi connectivity index (χ1) is 8.54. The molecule has 2 rings (SSSR count). The molecule has 0 aliphatic carbocycles. The molecule has 18 heavy (non-hydrogen) atoms. The van der Waals surface area contributed by atoms with Crippen LogP contribution in [0.3, 0.4) is 0 Å². The number of anilines is 1. The Balaban J connectivity index is 2.21. The number of nitrogens with one attached hydrogen (secondary N) is 1. The molecule has 5 heteroatoms. The van der Waals surface area contributed by atoms with Gasteiger partial charge >= 0.3 is 0 Å². The summed E-state index contributed by atoms with van der Waals surface area (Å²) in [5, 5.41) is 3.08. The van der Waals surface area contributed by atoms with E-state index in [9.17, 15) is 4.79 Å². The number of benzene rings is 1. The van der Waals surface area contributed by atoms with Crippen molar-refractivity contribution >= 4 is 39.1 Å². The number of aryl methyl sites for hydroxylation is 1. The molecule has 1 aromatic heterocycles. The third-order valence-electron chi connectivity index (χ3n) is 2.25. The zero-order chi connectivity index (χ0) is 13.1. The van der Waals surface area contributed by atoms with E-state index in [4.69, 9.17) is 11.6 Å². The van der Waals surface area contributed by atoms with Gasteiger partial charge in [-0.1, -0.05) is 33.6 Å². The second-order valence-electron chi connectivity index (χ2n) is 3.82. The SMILES string of the molecule is Cc1cc(Br)cc(NC(=O)c2cccc(Cl)n2)c1. The Morgan fingerprint density at radius 3 is 2.78 bits per heavy atom. The Bertz CT molecular complexity index is 581. The van der Waals surface area contributed by atoms with E-state index in [0.717, 1.165) is 10.0 Å². The first-order valence-electron chi connectivity index (χ1n) is 5.26. The molecule has 0 fully saturated rings. The van der Waals surface area contributed by atoms with E-state index >= 15 is 0 Å². The minimum absolute atomic E-state index is 0.282. The Morgan fingerprint density at radius 2 is 2.11 bits per heavy atom. The van der Waals surface area contributed by atoms with Gasteiger partial charge in [-0.25, -0.2) is 4.98 Å². The Hall–Kier alpha value is -1.39. The largest absolute Gasteiger partial charge is 0.321 e. The van der Waals surface area contributed by atoms with Gasteiger partial charge in [0.25, 0.3) is 5.91 Å². The average molecular weight is 326 g/mol. The highest BCUT2D eigenvalue weighted by Gasteiger charge is 2.08. The van der Waals surface area contributed by atoms with E-state index in [1.807, 2.05) is 25.1 Å². The van der Waals surface area contributed by atoms with Crippen LogP contribution in [0.2, 0.25) is 5.15 Å². The maximum Gasteiger partial charge on any atom is 0.274 e. The summed E-state index contributed by atoms with van der Waals surface area (Å²) >= 11 is 9.13. The summed E-state index contributed by atoms with van der Waals surface area (Å²) in [6.45, 7) is 1.96. The average Bonchev–Trinajstić information content (AvgIpc) is 2.27. The molecule has 0 radical (unpaired) electrons. The Morgan fingerprint density at radius 1 is 1.33 bits per heavy atom. The number of nitrogens with zero attached hydrogens (tertiary/aromatic N) is 1. The van der Waals surface area contributed by atoms with E-state index in [-0.39, 0.29) is 5.91 Å². The normalized spacial score (nSPS) is 10.2. The number of aromatic nitrogens is 1. The van der Waals surface area contributed by atoms with Gasteiger partial charge in [-0.05, 0) is 42.8 Å². The van der Waals surface area contributed by atoms with Crippen molar-refractivity contribution in [1.29, 1.82) is 0 Å². The smallest absolute Gasteiger partial charge is 0.274 e. The third kappa shape index (κ3) is 3.31. The number of pyridine rings is 1. The Kier molecular flexibility index (Phi) is 3.99. The first kappa shape index (κ1) is 13.1. The zero-order valence-corrected chi connectivity index (χ0v) is 11.9. The molecule has 0 atom stereocenters. The highest BCUT2D eigenvalue weighted by Crippen LogP contribution is 2.19. The van der Waals surface area contributed by atoms with Crippen LogP contribution in [0, 0.1) is 6.92 Å². The van der Waals surface area contributed by atoms with Crippen LogP contribution in [0.4, 0.5) is 5.69 Å². The van der Waals surface area contributed by atoms with Gasteiger partial charge in [0, 0.05) is 10.2 Å². The fourth-order valence-corrected chi connectivity index (χ4v) is 2.31. The molecule has 92 valence electrons. The summed E-state index contributed by atoms with van der Waals surface area (Å²) in [4.78, 5) is 15.9. The number of carbonyl (C=O) groups is 1. The Labute approximate surface area is 118 Å². The lowest BCUT2D eigenvalue weighted by molar-refractivity contribution is 0.102. The fourth-order valence-electron chi connectivity index (χ4n) is 1.54. The van der Waals surface area contributed by atoms with Gasteiger partial charge in [-0.3, -0.25) is 4.79 Å². The van der Waals surface area contributed by atoms with Crippen molar-refractivity contribution < 1.29 is 4.79 Å². The van der Waals surface area contributed by atoms with Crippen molar-refractivity contribution in [3.05, 3.63) is 57.3 Å². The number of rotatable bonds is 2. The van der Waals surface area contributed by atoms with Gasteiger partial charge in [0.15, 0.2) is 0 Å². The molecule has 0 aliphatic rings. The zero-order valence-electron chi connectivity index (χ0n) is 9.58. The molecule has 0 aliphatic heterocycles. The van der Waals surface area contributed by atoms with Crippen LogP contribution in [0.5, 0.6) is 0 Å². The van der Waals surface area contributed by atoms with Crippen molar-refractivity contribution in [2.45, 2.75) is 6.92 Å². The minimum Gasteiger partial charge on any atom is -0.321 e. The van der Waals surface area contributed by atoms with E-state index in [2.05, 4.69) is 26.2 Å². The van der Waals surface area contributed by atoms with Gasteiger partial charge in [0.2, 0.25) is 0 Å². The fraction of sp³-hybridized carbons (Fsp3) is 0.0769. The minimum atomic E-state index is -0.282. The van der Waals surface area contributed by atoms with Gasteiger partial charge in [0.1, 0.15) is 10.8 Å². The number of hydrogen-bond acceptors (Lipinski definition) is 2. The summed E-state index contributed by atoms with van der Waals surface area (Å²) in [7, 11) is 0. The topological polar surface area (TPSA) is 42.0 Å². The molecule has 0 spiro atoms. The maximum absolute atomic E-state index is 11.9. The van der Waals surface area contributed by atoms with Gasteiger partial charge in [0.05, 0.1) is 0 Å². The number of carbonyl (C=O) groups excluding carboxylic acids is 1. The summed E-state index contributed by atoms with van der Waals surface area (Å²) in [5.41, 5.74) is 2.06. The lowest BCUT2D eigenvalue weighted by Crippen LogP contribution is -2.13. The molecule has 0 bridgehead atoms. The second kappa shape index (κ2) is 5.50. The van der Waals surface area contributed by atoms with Crippen LogP contribution < -0.4 is 5.32 Å². The molecule has 0 saturated carbocycles. The summed E-state index contributed by atoms with van der Waals surface area (Å²) in [6, 6.07) is 10.6. The molecular weight excluding hydrogens is 316 g/mol. The van der Waals surface area contributed by atoms with Crippen molar-refractivity contribution in [3.63, 3.8) is 0 Å². The van der Waals surface area contributed by atoms with Gasteiger partial charge < -0.3 is 5.32 Å². The third-order valence-corrected chi connectivity index (χ3v) is 2.92. The van der Waals surface area contributed by atoms with Crippen molar-refractivity contribution in [3.8, 4) is 0 Å². The highest BCUT2D eigenvalue weighted by atomic mass is 79.9. The lowest BCUT2D eigenvalue weighted by atomic mass is 10.2. The van der Waals surface area contributed by atoms with Crippen LogP contribution in [0.1, 0.15) is 16.1 Å². The highest BCUT2D eigenvalue weighted by molar-refractivity contribution is 9.10. The molecule has 1 heterocycles. The molecule has 1 aromatic carbocycles. The predicted octanol–water partition coefficient (Wildman–Crippen LogP) is 4.06. The molecule has 1 amide bonds. The molecular formula is C13H10BrClN2O. The van der Waals surface area contributed by atoms with Crippen LogP contribution >= 0.6 is 27.5 Å². The van der Waals surface area contributed by atoms with Crippen LogP contribution in [0.25, 0.3) is 0 Å². The van der Waals surface area contributed by atoms with Crippen molar-refractivity contribution in [2.75, 3.05) is 5.32 Å². The monoisotopic (exact) mass is 324 g/mol. The maximum atomic E-state index is 11.9. The molecule has 0 saturated heterocycles. The predicted molar refractivity (Wildman–Crippen MR) is 76.1 cm³/mol. The van der Waals surface area contributed by atoms with Crippen LogP contribution in [-0.2, 0) is 0 Å². The lowest BCUT2D eigenvalue weighted by Gasteiger charge is -2.06. The van der Waals surface area contributed by atoms with Crippen molar-refractivity contribution in [2.24, 2.45) is 0 Å². The van der Waals surface area contributed by atoms with Crippen LogP contribution in [0.15, 0.2) is 40.9 Å². The molecule has 2 aromatic rings.